The lowest BCUT2D eigenvalue weighted by Crippen LogP contribution is -2.38. The van der Waals surface area contributed by atoms with Gasteiger partial charge in [-0.3, -0.25) is 13.9 Å². The molecular formula is C20H25N3O5S. The van der Waals surface area contributed by atoms with E-state index >= 15 is 0 Å². The number of hydrogen-bond acceptors (Lipinski definition) is 5. The molecule has 2 aromatic carbocycles. The molecule has 0 aromatic heterocycles. The van der Waals surface area contributed by atoms with Crippen molar-refractivity contribution < 1.29 is 22.7 Å². The molecule has 2 rings (SSSR count). The lowest BCUT2D eigenvalue weighted by Gasteiger charge is -2.22. The van der Waals surface area contributed by atoms with Crippen molar-refractivity contribution in [2.24, 2.45) is 0 Å². The Balaban J connectivity index is 2.18. The number of carbonyl (C=O) groups excluding carboxylic acids is 2. The van der Waals surface area contributed by atoms with E-state index in [1.54, 1.807) is 42.5 Å². The highest BCUT2D eigenvalue weighted by Crippen LogP contribution is 2.20. The highest BCUT2D eigenvalue weighted by atomic mass is 32.2. The first-order valence-corrected chi connectivity index (χ1v) is 10.8. The number of hydrogen-bond donors (Lipinski definition) is 2. The van der Waals surface area contributed by atoms with Crippen LogP contribution < -0.4 is 14.9 Å². The van der Waals surface area contributed by atoms with E-state index in [1.165, 1.54) is 7.11 Å². The van der Waals surface area contributed by atoms with Gasteiger partial charge in [-0.2, -0.15) is 0 Å². The van der Waals surface area contributed by atoms with Crippen LogP contribution in [0.1, 0.15) is 15.9 Å². The number of methoxy groups -OCH3 is 1. The van der Waals surface area contributed by atoms with E-state index < -0.39 is 22.5 Å². The fraction of sp³-hybridized carbons (Fsp3) is 0.300. The first kappa shape index (κ1) is 22.4. The van der Waals surface area contributed by atoms with Gasteiger partial charge in [0.25, 0.3) is 5.91 Å². The molecule has 0 aliphatic carbocycles. The van der Waals surface area contributed by atoms with Crippen LogP contribution in [-0.2, 0) is 19.6 Å². The van der Waals surface area contributed by atoms with E-state index in [1.807, 2.05) is 13.0 Å². The SMILES string of the molecule is COCCNC(=O)c1ccccc1NC(=O)CN(c1cccc(C)c1)S(C)(=O)=O. The first-order chi connectivity index (χ1) is 13.7. The molecule has 0 bridgehead atoms. The summed E-state index contributed by atoms with van der Waals surface area (Å²) in [6, 6.07) is 13.4. The zero-order chi connectivity index (χ0) is 21.4. The van der Waals surface area contributed by atoms with Gasteiger partial charge in [0.1, 0.15) is 6.54 Å². The molecule has 2 N–H and O–H groups in total. The van der Waals surface area contributed by atoms with Gasteiger partial charge in [0.15, 0.2) is 0 Å². The van der Waals surface area contributed by atoms with Gasteiger partial charge in [-0.05, 0) is 36.8 Å². The predicted molar refractivity (Wildman–Crippen MR) is 113 cm³/mol. The fourth-order valence-corrected chi connectivity index (χ4v) is 3.50. The highest BCUT2D eigenvalue weighted by molar-refractivity contribution is 7.92. The van der Waals surface area contributed by atoms with E-state index in [-0.39, 0.29) is 11.5 Å². The lowest BCUT2D eigenvalue weighted by molar-refractivity contribution is -0.114. The second-order valence-electron chi connectivity index (χ2n) is 6.45. The van der Waals surface area contributed by atoms with Gasteiger partial charge >= 0.3 is 0 Å². The number of para-hydroxylation sites is 1. The molecule has 0 unspecified atom stereocenters. The van der Waals surface area contributed by atoms with Gasteiger partial charge < -0.3 is 15.4 Å². The summed E-state index contributed by atoms with van der Waals surface area (Å²) in [5.74, 6) is -0.925. The Kier molecular flexibility index (Phi) is 7.74. The molecule has 2 aromatic rings. The average Bonchev–Trinajstić information content (AvgIpc) is 2.65. The Morgan fingerprint density at radius 3 is 2.48 bits per heavy atom. The van der Waals surface area contributed by atoms with Crippen LogP contribution in [0.2, 0.25) is 0 Å². The molecule has 8 nitrogen and oxygen atoms in total. The smallest absolute Gasteiger partial charge is 0.253 e. The summed E-state index contributed by atoms with van der Waals surface area (Å²) in [6.07, 6.45) is 1.04. The third-order valence-electron chi connectivity index (χ3n) is 4.01. The number of nitrogens with one attached hydrogen (secondary N) is 2. The minimum absolute atomic E-state index is 0.276. The monoisotopic (exact) mass is 419 g/mol. The van der Waals surface area contributed by atoms with E-state index in [0.717, 1.165) is 16.1 Å². The van der Waals surface area contributed by atoms with Crippen LogP contribution in [0.5, 0.6) is 0 Å². The third-order valence-corrected chi connectivity index (χ3v) is 5.16. The number of carbonyl (C=O) groups is 2. The predicted octanol–water partition coefficient (Wildman–Crippen LogP) is 1.78. The first-order valence-electron chi connectivity index (χ1n) is 8.92. The number of anilines is 2. The van der Waals surface area contributed by atoms with Crippen LogP contribution in [0.4, 0.5) is 11.4 Å². The highest BCUT2D eigenvalue weighted by Gasteiger charge is 2.22. The van der Waals surface area contributed by atoms with Gasteiger partial charge in [0, 0.05) is 13.7 Å². The number of amides is 2. The minimum Gasteiger partial charge on any atom is -0.383 e. The van der Waals surface area contributed by atoms with Crippen molar-refractivity contribution in [3.05, 3.63) is 59.7 Å². The van der Waals surface area contributed by atoms with Crippen molar-refractivity contribution in [2.45, 2.75) is 6.92 Å². The molecule has 0 spiro atoms. The fourth-order valence-electron chi connectivity index (χ4n) is 2.66. The summed E-state index contributed by atoms with van der Waals surface area (Å²) in [7, 11) is -2.15. The van der Waals surface area contributed by atoms with Crippen LogP contribution in [0.3, 0.4) is 0 Å². The summed E-state index contributed by atoms with van der Waals surface area (Å²) in [5, 5.41) is 5.32. The maximum atomic E-state index is 12.6. The number of rotatable bonds is 9. The standard InChI is InChI=1S/C20H25N3O5S/c1-15-7-6-8-16(13-15)23(29(3,26)27)14-19(24)22-18-10-5-4-9-17(18)20(25)21-11-12-28-2/h4-10,13H,11-12,14H2,1-3H3,(H,21,25)(H,22,24). The summed E-state index contributed by atoms with van der Waals surface area (Å²) >= 11 is 0. The Hall–Kier alpha value is -2.91. The van der Waals surface area contributed by atoms with E-state index in [2.05, 4.69) is 10.6 Å². The Morgan fingerprint density at radius 2 is 1.83 bits per heavy atom. The molecule has 29 heavy (non-hydrogen) atoms. The van der Waals surface area contributed by atoms with Crippen LogP contribution >= 0.6 is 0 Å². The molecule has 9 heteroatoms. The molecule has 0 aliphatic heterocycles. The van der Waals surface area contributed by atoms with Gasteiger partial charge in [0.05, 0.1) is 29.8 Å². The van der Waals surface area contributed by atoms with Crippen molar-refractivity contribution in [1.82, 2.24) is 5.32 Å². The largest absolute Gasteiger partial charge is 0.383 e. The molecule has 156 valence electrons. The second-order valence-corrected chi connectivity index (χ2v) is 8.36. The molecule has 0 heterocycles. The molecule has 0 saturated carbocycles. The topological polar surface area (TPSA) is 105 Å². The Labute approximate surface area is 170 Å². The number of ether oxygens (including phenoxy) is 1. The van der Waals surface area contributed by atoms with Crippen molar-refractivity contribution in [2.75, 3.05) is 42.7 Å². The number of aryl methyl sites for hydroxylation is 1. The molecule has 2 amide bonds. The van der Waals surface area contributed by atoms with E-state index in [0.29, 0.717) is 24.5 Å². The summed E-state index contributed by atoms with van der Waals surface area (Å²) < 4.78 is 30.4. The second kappa shape index (κ2) is 10.0. The van der Waals surface area contributed by atoms with Gasteiger partial charge in [-0.15, -0.1) is 0 Å². The van der Waals surface area contributed by atoms with Crippen molar-refractivity contribution in [1.29, 1.82) is 0 Å². The zero-order valence-electron chi connectivity index (χ0n) is 16.6. The van der Waals surface area contributed by atoms with E-state index in [4.69, 9.17) is 4.74 Å². The third kappa shape index (κ3) is 6.58. The Bertz CT molecular complexity index is 976. The van der Waals surface area contributed by atoms with E-state index in [9.17, 15) is 18.0 Å². The van der Waals surface area contributed by atoms with Crippen LogP contribution in [0.15, 0.2) is 48.5 Å². The molecule has 0 fully saturated rings. The normalized spacial score (nSPS) is 11.0. The van der Waals surface area contributed by atoms with Crippen LogP contribution in [0, 0.1) is 6.92 Å². The number of benzene rings is 2. The molecule has 0 aliphatic rings. The van der Waals surface area contributed by atoms with Crippen molar-refractivity contribution >= 4 is 33.2 Å². The van der Waals surface area contributed by atoms with Crippen LogP contribution in [-0.4, -0.2) is 53.3 Å². The van der Waals surface area contributed by atoms with Gasteiger partial charge in [-0.25, -0.2) is 8.42 Å². The van der Waals surface area contributed by atoms with Crippen LogP contribution in [0.25, 0.3) is 0 Å². The minimum atomic E-state index is -3.68. The van der Waals surface area contributed by atoms with Crippen molar-refractivity contribution in [3.63, 3.8) is 0 Å². The average molecular weight is 420 g/mol. The summed E-state index contributed by atoms with van der Waals surface area (Å²) in [4.78, 5) is 24.9. The summed E-state index contributed by atoms with van der Waals surface area (Å²) in [6.45, 7) is 2.11. The molecule has 0 saturated heterocycles. The zero-order valence-corrected chi connectivity index (χ0v) is 17.5. The molecule has 0 radical (unpaired) electrons. The maximum Gasteiger partial charge on any atom is 0.253 e. The van der Waals surface area contributed by atoms with Gasteiger partial charge in [-0.1, -0.05) is 24.3 Å². The summed E-state index contributed by atoms with van der Waals surface area (Å²) in [5.41, 5.74) is 1.84. The van der Waals surface area contributed by atoms with Crippen molar-refractivity contribution in [3.8, 4) is 0 Å². The Morgan fingerprint density at radius 1 is 1.10 bits per heavy atom. The number of sulfonamides is 1. The number of nitrogens with zero attached hydrogens (tertiary/aromatic N) is 1. The van der Waals surface area contributed by atoms with Gasteiger partial charge in [0.2, 0.25) is 15.9 Å². The quantitative estimate of drug-likeness (QED) is 0.603. The molecule has 0 atom stereocenters. The maximum absolute atomic E-state index is 12.6. The molecular weight excluding hydrogens is 394 g/mol. The lowest BCUT2D eigenvalue weighted by atomic mass is 10.1.